The number of rotatable bonds is 10. The number of ether oxygens (including phenoxy) is 3. The summed E-state index contributed by atoms with van der Waals surface area (Å²) < 4.78 is 19.2. The molecular weight excluding hydrogens is 486 g/mol. The van der Waals surface area contributed by atoms with Crippen molar-refractivity contribution in [1.82, 2.24) is 14.9 Å². The highest BCUT2D eigenvalue weighted by Gasteiger charge is 2.24. The number of hydrogen-bond donors (Lipinski definition) is 1. The van der Waals surface area contributed by atoms with E-state index in [-0.39, 0.29) is 12.0 Å². The second kappa shape index (κ2) is 12.1. The summed E-state index contributed by atoms with van der Waals surface area (Å²) in [4.78, 5) is 18.1. The number of carbonyl (C=O) groups excluding carboxylic acids is 1. The van der Waals surface area contributed by atoms with Gasteiger partial charge in [0.25, 0.3) is 5.91 Å². The fourth-order valence-electron chi connectivity index (χ4n) is 5.37. The van der Waals surface area contributed by atoms with Crippen molar-refractivity contribution in [2.75, 3.05) is 20.3 Å². The van der Waals surface area contributed by atoms with E-state index in [1.165, 1.54) is 32.1 Å². The Hall–Kier alpha value is -2.84. The lowest BCUT2D eigenvalue weighted by atomic mass is 9.89. The van der Waals surface area contributed by atoms with Crippen molar-refractivity contribution in [2.24, 2.45) is 5.92 Å². The Morgan fingerprint density at radius 3 is 2.65 bits per heavy atom. The van der Waals surface area contributed by atoms with Gasteiger partial charge in [-0.15, -0.1) is 11.3 Å². The Balaban J connectivity index is 1.33. The number of benzene rings is 1. The third-order valence-electron chi connectivity index (χ3n) is 7.53. The zero-order chi connectivity index (χ0) is 25.6. The predicted molar refractivity (Wildman–Crippen MR) is 145 cm³/mol. The fraction of sp³-hybridized carbons (Fsp3) is 0.517. The van der Waals surface area contributed by atoms with Crippen molar-refractivity contribution in [1.29, 1.82) is 0 Å². The largest absolute Gasteiger partial charge is 0.497 e. The molecule has 1 N–H and O–H groups in total. The van der Waals surface area contributed by atoms with E-state index >= 15 is 0 Å². The first kappa shape index (κ1) is 25.8. The van der Waals surface area contributed by atoms with E-state index in [2.05, 4.69) is 22.2 Å². The third-order valence-corrected chi connectivity index (χ3v) is 8.35. The molecule has 1 amide bonds. The first-order chi connectivity index (χ1) is 18.1. The molecule has 0 spiro atoms. The standard InChI is InChI=1S/C29H37N3O4S/c1-20-25(29(33)30-16-24-9-6-14-35-24)15-27(32(20)17-21-7-4-3-5-8-21)26-19-37-28(31-26)18-36-23-12-10-22(34-2)11-13-23/h10-13,15,19,21,24H,3-9,14,16-18H2,1-2H3,(H,30,33). The zero-order valence-corrected chi connectivity index (χ0v) is 22.6. The maximum Gasteiger partial charge on any atom is 0.253 e. The Morgan fingerprint density at radius 1 is 1.14 bits per heavy atom. The minimum atomic E-state index is -0.0325. The number of nitrogens with zero attached hydrogens (tertiary/aromatic N) is 2. The lowest BCUT2D eigenvalue weighted by Crippen LogP contribution is -2.32. The molecular formula is C29H37N3O4S. The van der Waals surface area contributed by atoms with Crippen LogP contribution >= 0.6 is 11.3 Å². The van der Waals surface area contributed by atoms with Crippen molar-refractivity contribution in [3.8, 4) is 22.9 Å². The van der Waals surface area contributed by atoms with Gasteiger partial charge in [0.05, 0.1) is 30.2 Å². The van der Waals surface area contributed by atoms with Gasteiger partial charge in [0.2, 0.25) is 0 Å². The second-order valence-electron chi connectivity index (χ2n) is 10.1. The van der Waals surface area contributed by atoms with E-state index in [1.807, 2.05) is 30.3 Å². The molecule has 1 saturated heterocycles. The van der Waals surface area contributed by atoms with Crippen LogP contribution in [0.3, 0.4) is 0 Å². The minimum absolute atomic E-state index is 0.0325. The van der Waals surface area contributed by atoms with Gasteiger partial charge in [0.1, 0.15) is 23.1 Å². The number of hydrogen-bond acceptors (Lipinski definition) is 6. The smallest absolute Gasteiger partial charge is 0.253 e. The van der Waals surface area contributed by atoms with Crippen LogP contribution in [0.5, 0.6) is 11.5 Å². The van der Waals surface area contributed by atoms with E-state index in [4.69, 9.17) is 19.2 Å². The second-order valence-corrected chi connectivity index (χ2v) is 11.0. The monoisotopic (exact) mass is 523 g/mol. The average Bonchev–Trinajstić information content (AvgIpc) is 3.69. The molecule has 3 aromatic rings. The molecule has 2 fully saturated rings. The molecule has 3 heterocycles. The molecule has 0 bridgehead atoms. The summed E-state index contributed by atoms with van der Waals surface area (Å²) in [6, 6.07) is 9.58. The van der Waals surface area contributed by atoms with Gasteiger partial charge in [0, 0.05) is 30.8 Å². The lowest BCUT2D eigenvalue weighted by Gasteiger charge is -2.24. The van der Waals surface area contributed by atoms with E-state index in [0.717, 1.165) is 65.1 Å². The number of carbonyl (C=O) groups is 1. The topological polar surface area (TPSA) is 74.6 Å². The van der Waals surface area contributed by atoms with Crippen LogP contribution in [0, 0.1) is 12.8 Å². The Kier molecular flexibility index (Phi) is 8.46. The maximum absolute atomic E-state index is 13.2. The Morgan fingerprint density at radius 2 is 1.92 bits per heavy atom. The average molecular weight is 524 g/mol. The Bertz CT molecular complexity index is 1170. The maximum atomic E-state index is 13.2. The van der Waals surface area contributed by atoms with Crippen LogP contribution in [0.15, 0.2) is 35.7 Å². The highest BCUT2D eigenvalue weighted by atomic mass is 32.1. The molecule has 1 atom stereocenters. The quantitative estimate of drug-likeness (QED) is 0.353. The summed E-state index contributed by atoms with van der Waals surface area (Å²) in [5.41, 5.74) is 3.65. The summed E-state index contributed by atoms with van der Waals surface area (Å²) in [6.45, 7) is 4.73. The molecule has 1 saturated carbocycles. The third kappa shape index (κ3) is 6.36. The Labute approximate surface area is 223 Å². The van der Waals surface area contributed by atoms with Gasteiger partial charge in [-0.25, -0.2) is 4.98 Å². The summed E-state index contributed by atoms with van der Waals surface area (Å²) in [5, 5.41) is 6.08. The van der Waals surface area contributed by atoms with Crippen molar-refractivity contribution in [2.45, 2.75) is 71.1 Å². The molecule has 2 aromatic heterocycles. The fourth-order valence-corrected chi connectivity index (χ4v) is 6.07. The molecule has 1 aromatic carbocycles. The van der Waals surface area contributed by atoms with Crippen LogP contribution < -0.4 is 14.8 Å². The molecule has 37 heavy (non-hydrogen) atoms. The molecule has 0 radical (unpaired) electrons. The number of nitrogens with one attached hydrogen (secondary N) is 1. The first-order valence-corrected chi connectivity index (χ1v) is 14.3. The summed E-state index contributed by atoms with van der Waals surface area (Å²) in [6.07, 6.45) is 8.60. The molecule has 1 aliphatic carbocycles. The molecule has 198 valence electrons. The van der Waals surface area contributed by atoms with Crippen molar-refractivity contribution >= 4 is 17.2 Å². The predicted octanol–water partition coefficient (Wildman–Crippen LogP) is 6.00. The van der Waals surface area contributed by atoms with Gasteiger partial charge in [0.15, 0.2) is 0 Å². The van der Waals surface area contributed by atoms with Crippen molar-refractivity contribution in [3.05, 3.63) is 52.0 Å². The minimum Gasteiger partial charge on any atom is -0.497 e. The SMILES string of the molecule is COc1ccc(OCc2nc(-c3cc(C(=O)NCC4CCCO4)c(C)n3CC3CCCCC3)cs2)cc1. The van der Waals surface area contributed by atoms with Crippen molar-refractivity contribution in [3.63, 3.8) is 0 Å². The van der Waals surface area contributed by atoms with Crippen LogP contribution in [-0.4, -0.2) is 41.8 Å². The molecule has 1 unspecified atom stereocenters. The zero-order valence-electron chi connectivity index (χ0n) is 21.8. The molecule has 1 aliphatic heterocycles. The van der Waals surface area contributed by atoms with Gasteiger partial charge in [-0.2, -0.15) is 0 Å². The first-order valence-electron chi connectivity index (χ1n) is 13.4. The molecule has 2 aliphatic rings. The highest BCUT2D eigenvalue weighted by molar-refractivity contribution is 7.09. The number of thiazole rings is 1. The summed E-state index contributed by atoms with van der Waals surface area (Å²) >= 11 is 1.59. The van der Waals surface area contributed by atoms with Gasteiger partial charge >= 0.3 is 0 Å². The van der Waals surface area contributed by atoms with Crippen molar-refractivity contribution < 1.29 is 19.0 Å². The normalized spacial score (nSPS) is 18.2. The van der Waals surface area contributed by atoms with Gasteiger partial charge in [-0.3, -0.25) is 4.79 Å². The van der Waals surface area contributed by atoms with Crippen LogP contribution in [-0.2, 0) is 17.9 Å². The van der Waals surface area contributed by atoms with E-state index < -0.39 is 0 Å². The molecule has 8 heteroatoms. The summed E-state index contributed by atoms with van der Waals surface area (Å²) in [7, 11) is 1.65. The molecule has 7 nitrogen and oxygen atoms in total. The van der Waals surface area contributed by atoms with Gasteiger partial charge < -0.3 is 24.1 Å². The van der Waals surface area contributed by atoms with Gasteiger partial charge in [-0.1, -0.05) is 19.3 Å². The van der Waals surface area contributed by atoms with E-state index in [1.54, 1.807) is 18.4 Å². The number of amides is 1. The summed E-state index contributed by atoms with van der Waals surface area (Å²) in [5.74, 6) is 2.18. The van der Waals surface area contributed by atoms with Crippen LogP contribution in [0.2, 0.25) is 0 Å². The van der Waals surface area contributed by atoms with Crippen LogP contribution in [0.25, 0.3) is 11.4 Å². The number of aromatic nitrogens is 2. The highest BCUT2D eigenvalue weighted by Crippen LogP contribution is 2.32. The number of methoxy groups -OCH3 is 1. The van der Waals surface area contributed by atoms with Gasteiger partial charge in [-0.05, 0) is 68.9 Å². The van der Waals surface area contributed by atoms with Crippen LogP contribution in [0.4, 0.5) is 0 Å². The lowest BCUT2D eigenvalue weighted by molar-refractivity contribution is 0.0857. The molecule has 5 rings (SSSR count). The van der Waals surface area contributed by atoms with E-state index in [9.17, 15) is 4.79 Å². The van der Waals surface area contributed by atoms with Crippen LogP contribution in [0.1, 0.15) is 66.0 Å². The van der Waals surface area contributed by atoms with E-state index in [0.29, 0.717) is 19.1 Å².